The van der Waals surface area contributed by atoms with E-state index in [9.17, 15) is 9.59 Å². The third kappa shape index (κ3) is 1.48. The Morgan fingerprint density at radius 3 is 2.80 bits per heavy atom. The van der Waals surface area contributed by atoms with Gasteiger partial charge in [0.1, 0.15) is 0 Å². The molecule has 4 heteroatoms. The quantitative estimate of drug-likeness (QED) is 0.750. The van der Waals surface area contributed by atoms with Crippen molar-refractivity contribution < 1.29 is 14.7 Å². The molecule has 1 aliphatic rings. The molecule has 1 atom stereocenters. The highest BCUT2D eigenvalue weighted by Crippen LogP contribution is 2.34. The van der Waals surface area contributed by atoms with Gasteiger partial charge in [-0.05, 0) is 11.6 Å². The van der Waals surface area contributed by atoms with Gasteiger partial charge in [0, 0.05) is 19.2 Å². The summed E-state index contributed by atoms with van der Waals surface area (Å²) >= 11 is 0. The average Bonchev–Trinajstić information content (AvgIpc) is 2.23. The molecule has 0 aliphatic carbocycles. The van der Waals surface area contributed by atoms with E-state index in [1.54, 1.807) is 31.3 Å². The van der Waals surface area contributed by atoms with Crippen molar-refractivity contribution >= 4 is 17.6 Å². The molecule has 1 aliphatic heterocycles. The summed E-state index contributed by atoms with van der Waals surface area (Å²) < 4.78 is 0. The summed E-state index contributed by atoms with van der Waals surface area (Å²) in [5.41, 5.74) is 1.41. The number of nitrogens with zero attached hydrogens (tertiary/aromatic N) is 1. The monoisotopic (exact) mass is 205 g/mol. The van der Waals surface area contributed by atoms with Crippen LogP contribution >= 0.6 is 0 Å². The number of anilines is 1. The highest BCUT2D eigenvalue weighted by atomic mass is 16.4. The topological polar surface area (TPSA) is 57.6 Å². The van der Waals surface area contributed by atoms with E-state index in [4.69, 9.17) is 5.11 Å². The Labute approximate surface area is 87.1 Å². The first-order valence-corrected chi connectivity index (χ1v) is 4.69. The molecule has 2 rings (SSSR count). The van der Waals surface area contributed by atoms with Gasteiger partial charge in [-0.25, -0.2) is 0 Å². The highest BCUT2D eigenvalue weighted by molar-refractivity contribution is 6.01. The van der Waals surface area contributed by atoms with E-state index in [1.807, 2.05) is 0 Å². The van der Waals surface area contributed by atoms with Gasteiger partial charge in [0.05, 0.1) is 5.92 Å². The zero-order valence-corrected chi connectivity index (χ0v) is 8.30. The number of carboxylic acids is 1. The lowest BCUT2D eigenvalue weighted by Crippen LogP contribution is -2.35. The summed E-state index contributed by atoms with van der Waals surface area (Å²) in [5, 5.41) is 9.02. The maximum absolute atomic E-state index is 11.5. The number of rotatable bonds is 1. The van der Waals surface area contributed by atoms with Crippen LogP contribution in [0, 0.1) is 0 Å². The van der Waals surface area contributed by atoms with E-state index in [-0.39, 0.29) is 12.3 Å². The van der Waals surface area contributed by atoms with Crippen LogP contribution in [0.1, 0.15) is 17.9 Å². The Bertz CT molecular complexity index is 428. The molecule has 0 bridgehead atoms. The van der Waals surface area contributed by atoms with Crippen LogP contribution in [0.2, 0.25) is 0 Å². The van der Waals surface area contributed by atoms with E-state index >= 15 is 0 Å². The molecule has 1 aromatic carbocycles. The maximum atomic E-state index is 11.5. The summed E-state index contributed by atoms with van der Waals surface area (Å²) in [6.45, 7) is 0. The van der Waals surface area contributed by atoms with E-state index in [1.165, 1.54) is 4.90 Å². The first-order valence-electron chi connectivity index (χ1n) is 4.69. The standard InChI is InChI=1S/C11H11NO3/c1-12-9-5-3-2-4-7(9)8(11(14)15)6-10(12)13/h2-5,8H,6H2,1H3,(H,14,15). The van der Waals surface area contributed by atoms with E-state index in [2.05, 4.69) is 0 Å². The third-order valence-corrected chi connectivity index (χ3v) is 2.72. The van der Waals surface area contributed by atoms with Crippen molar-refractivity contribution in [2.75, 3.05) is 11.9 Å². The van der Waals surface area contributed by atoms with Crippen molar-refractivity contribution in [2.45, 2.75) is 12.3 Å². The molecule has 1 aromatic rings. The molecule has 78 valence electrons. The Hall–Kier alpha value is -1.84. The van der Waals surface area contributed by atoms with Gasteiger partial charge in [-0.3, -0.25) is 9.59 Å². The number of benzene rings is 1. The summed E-state index contributed by atoms with van der Waals surface area (Å²) in [6, 6.07) is 7.12. The largest absolute Gasteiger partial charge is 0.481 e. The van der Waals surface area contributed by atoms with Gasteiger partial charge in [-0.15, -0.1) is 0 Å². The normalized spacial score (nSPS) is 19.9. The molecule has 0 radical (unpaired) electrons. The minimum absolute atomic E-state index is 0.0445. The Morgan fingerprint density at radius 2 is 2.13 bits per heavy atom. The lowest BCUT2D eigenvalue weighted by atomic mass is 9.90. The van der Waals surface area contributed by atoms with Crippen molar-refractivity contribution in [1.82, 2.24) is 0 Å². The summed E-state index contributed by atoms with van der Waals surface area (Å²) in [5.74, 6) is -1.80. The number of carbonyl (C=O) groups is 2. The second-order valence-electron chi connectivity index (χ2n) is 3.61. The molecular formula is C11H11NO3. The summed E-state index contributed by atoms with van der Waals surface area (Å²) in [7, 11) is 1.67. The van der Waals surface area contributed by atoms with Crippen LogP contribution in [0.3, 0.4) is 0 Å². The first-order chi connectivity index (χ1) is 7.11. The van der Waals surface area contributed by atoms with Crippen LogP contribution in [0.25, 0.3) is 0 Å². The molecule has 1 heterocycles. The first kappa shape index (κ1) is 9.71. The zero-order valence-electron chi connectivity index (χ0n) is 8.30. The second kappa shape index (κ2) is 3.38. The van der Waals surface area contributed by atoms with Gasteiger partial charge < -0.3 is 10.0 Å². The molecule has 0 saturated heterocycles. The van der Waals surface area contributed by atoms with E-state index in [0.717, 1.165) is 0 Å². The van der Waals surface area contributed by atoms with Crippen LogP contribution in [0.5, 0.6) is 0 Å². The minimum Gasteiger partial charge on any atom is -0.481 e. The zero-order chi connectivity index (χ0) is 11.0. The highest BCUT2D eigenvalue weighted by Gasteiger charge is 2.33. The Kier molecular flexibility index (Phi) is 2.19. The lowest BCUT2D eigenvalue weighted by molar-refractivity contribution is -0.140. The second-order valence-corrected chi connectivity index (χ2v) is 3.61. The number of aliphatic carboxylic acids is 1. The van der Waals surface area contributed by atoms with Crippen molar-refractivity contribution in [1.29, 1.82) is 0 Å². The molecule has 1 unspecified atom stereocenters. The van der Waals surface area contributed by atoms with Gasteiger partial charge in [0.15, 0.2) is 0 Å². The van der Waals surface area contributed by atoms with Gasteiger partial charge in [-0.2, -0.15) is 0 Å². The fourth-order valence-corrected chi connectivity index (χ4v) is 1.86. The lowest BCUT2D eigenvalue weighted by Gasteiger charge is -2.29. The molecular weight excluding hydrogens is 194 g/mol. The number of para-hydroxylation sites is 1. The van der Waals surface area contributed by atoms with Crippen molar-refractivity contribution in [3.05, 3.63) is 29.8 Å². The van der Waals surface area contributed by atoms with Crippen LogP contribution in [-0.4, -0.2) is 24.0 Å². The van der Waals surface area contributed by atoms with Crippen molar-refractivity contribution in [3.63, 3.8) is 0 Å². The SMILES string of the molecule is CN1C(=O)CC(C(=O)O)c2ccccc21. The fraction of sp³-hybridized carbons (Fsp3) is 0.273. The minimum atomic E-state index is -0.941. The van der Waals surface area contributed by atoms with Gasteiger partial charge >= 0.3 is 5.97 Å². The number of amides is 1. The molecule has 0 spiro atoms. The van der Waals surface area contributed by atoms with Crippen LogP contribution in [-0.2, 0) is 9.59 Å². The van der Waals surface area contributed by atoms with E-state index < -0.39 is 11.9 Å². The van der Waals surface area contributed by atoms with Crippen LogP contribution in [0.4, 0.5) is 5.69 Å². The number of hydrogen-bond donors (Lipinski definition) is 1. The number of carbonyl (C=O) groups excluding carboxylic acids is 1. The molecule has 1 N–H and O–H groups in total. The van der Waals surface area contributed by atoms with Gasteiger partial charge in [-0.1, -0.05) is 18.2 Å². The Balaban J connectivity index is 2.54. The molecule has 1 amide bonds. The Morgan fingerprint density at radius 1 is 1.47 bits per heavy atom. The van der Waals surface area contributed by atoms with Crippen LogP contribution in [0.15, 0.2) is 24.3 Å². The van der Waals surface area contributed by atoms with Crippen LogP contribution < -0.4 is 4.90 Å². The number of carboxylic acid groups (broad SMARTS) is 1. The number of fused-ring (bicyclic) bond motifs is 1. The molecule has 4 nitrogen and oxygen atoms in total. The summed E-state index contributed by atoms with van der Waals surface area (Å²) in [4.78, 5) is 24.0. The molecule has 15 heavy (non-hydrogen) atoms. The molecule has 0 fully saturated rings. The third-order valence-electron chi connectivity index (χ3n) is 2.72. The predicted molar refractivity (Wildman–Crippen MR) is 54.8 cm³/mol. The maximum Gasteiger partial charge on any atom is 0.311 e. The smallest absolute Gasteiger partial charge is 0.311 e. The fourth-order valence-electron chi connectivity index (χ4n) is 1.86. The average molecular weight is 205 g/mol. The van der Waals surface area contributed by atoms with Crippen molar-refractivity contribution in [3.8, 4) is 0 Å². The predicted octanol–water partition coefficient (Wildman–Crippen LogP) is 1.22. The van der Waals surface area contributed by atoms with Crippen molar-refractivity contribution in [2.24, 2.45) is 0 Å². The number of hydrogen-bond acceptors (Lipinski definition) is 2. The van der Waals surface area contributed by atoms with E-state index in [0.29, 0.717) is 11.3 Å². The molecule has 0 aromatic heterocycles. The van der Waals surface area contributed by atoms with Gasteiger partial charge in [0.25, 0.3) is 0 Å². The van der Waals surface area contributed by atoms with Gasteiger partial charge in [0.2, 0.25) is 5.91 Å². The summed E-state index contributed by atoms with van der Waals surface area (Å²) in [6.07, 6.45) is 0.0445. The molecule has 0 saturated carbocycles.